The highest BCUT2D eigenvalue weighted by molar-refractivity contribution is 5.68. The summed E-state index contributed by atoms with van der Waals surface area (Å²) in [6.45, 7) is 6.90. The molecule has 1 unspecified atom stereocenters. The zero-order valence-electron chi connectivity index (χ0n) is 16.2. The lowest BCUT2D eigenvalue weighted by Gasteiger charge is -2.14. The number of aliphatic hydroxyl groups is 1. The molecule has 0 amide bonds. The Labute approximate surface area is 154 Å². The van der Waals surface area contributed by atoms with Crippen LogP contribution in [0.15, 0.2) is 42.5 Å². The Hall–Kier alpha value is -1.60. The van der Waals surface area contributed by atoms with Crippen molar-refractivity contribution in [3.8, 4) is 11.1 Å². The van der Waals surface area contributed by atoms with E-state index in [0.29, 0.717) is 0 Å². The molecule has 0 aliphatic rings. The molecule has 0 aliphatic carbocycles. The second-order valence-electron chi connectivity index (χ2n) is 7.16. The molecule has 0 heterocycles. The maximum atomic E-state index is 9.33. The van der Waals surface area contributed by atoms with Crippen molar-refractivity contribution >= 4 is 0 Å². The first-order valence-corrected chi connectivity index (χ1v) is 10.0. The average molecular weight is 339 g/mol. The lowest BCUT2D eigenvalue weighted by atomic mass is 9.92. The summed E-state index contributed by atoms with van der Waals surface area (Å²) in [6, 6.07) is 15.4. The largest absolute Gasteiger partial charge is 0.392 e. The first-order chi connectivity index (χ1) is 12.2. The second-order valence-corrected chi connectivity index (χ2v) is 7.16. The molecule has 1 N–H and O–H groups in total. The second kappa shape index (κ2) is 10.4. The molecule has 25 heavy (non-hydrogen) atoms. The number of hydrogen-bond acceptors (Lipinski definition) is 1. The van der Waals surface area contributed by atoms with Crippen molar-refractivity contribution in [1.29, 1.82) is 0 Å². The third-order valence-corrected chi connectivity index (χ3v) is 5.35. The van der Waals surface area contributed by atoms with Gasteiger partial charge in [-0.15, -0.1) is 0 Å². The van der Waals surface area contributed by atoms with E-state index in [2.05, 4.69) is 57.2 Å². The summed E-state index contributed by atoms with van der Waals surface area (Å²) in [4.78, 5) is 0. The Morgan fingerprint density at radius 2 is 1.60 bits per heavy atom. The zero-order valence-corrected chi connectivity index (χ0v) is 16.2. The Balaban J connectivity index is 2.00. The SMILES string of the molecule is CCCC(CC)CCCc1ccc(-c2ccc(CO)cc2CC)cc1. The van der Waals surface area contributed by atoms with Crippen LogP contribution in [0.4, 0.5) is 0 Å². The van der Waals surface area contributed by atoms with Crippen molar-refractivity contribution in [3.05, 3.63) is 59.2 Å². The van der Waals surface area contributed by atoms with Gasteiger partial charge in [-0.1, -0.05) is 88.9 Å². The monoisotopic (exact) mass is 338 g/mol. The van der Waals surface area contributed by atoms with Gasteiger partial charge in [-0.05, 0) is 53.0 Å². The highest BCUT2D eigenvalue weighted by atomic mass is 16.3. The standard InChI is InChI=1S/C24H34O/c1-4-8-19(5-2)9-7-10-20-11-14-23(15-12-20)24-16-13-21(18-25)17-22(24)6-3/h11-17,19,25H,4-10,18H2,1-3H3. The number of rotatable bonds is 10. The van der Waals surface area contributed by atoms with Gasteiger partial charge < -0.3 is 5.11 Å². The molecule has 0 aliphatic heterocycles. The molecule has 2 aromatic rings. The molecular formula is C24H34O. The normalized spacial score (nSPS) is 12.3. The van der Waals surface area contributed by atoms with Crippen LogP contribution in [0.5, 0.6) is 0 Å². The van der Waals surface area contributed by atoms with E-state index in [0.717, 1.165) is 17.9 Å². The number of aliphatic hydroxyl groups excluding tert-OH is 1. The molecule has 1 heteroatoms. The lowest BCUT2D eigenvalue weighted by Crippen LogP contribution is -1.99. The summed E-state index contributed by atoms with van der Waals surface area (Å²) in [6.07, 6.45) is 8.82. The predicted molar refractivity (Wildman–Crippen MR) is 109 cm³/mol. The van der Waals surface area contributed by atoms with Crippen LogP contribution in [0.1, 0.15) is 69.6 Å². The van der Waals surface area contributed by atoms with Gasteiger partial charge in [0.05, 0.1) is 6.61 Å². The molecule has 0 bridgehead atoms. The van der Waals surface area contributed by atoms with E-state index in [4.69, 9.17) is 0 Å². The van der Waals surface area contributed by atoms with Crippen LogP contribution in [0.25, 0.3) is 11.1 Å². The number of hydrogen-bond donors (Lipinski definition) is 1. The van der Waals surface area contributed by atoms with Crippen LogP contribution in [0.3, 0.4) is 0 Å². The van der Waals surface area contributed by atoms with Gasteiger partial charge in [-0.3, -0.25) is 0 Å². The molecule has 136 valence electrons. The molecule has 0 spiro atoms. The minimum atomic E-state index is 0.114. The average Bonchev–Trinajstić information content (AvgIpc) is 2.67. The molecule has 1 nitrogen and oxygen atoms in total. The highest BCUT2D eigenvalue weighted by Crippen LogP contribution is 2.26. The van der Waals surface area contributed by atoms with E-state index >= 15 is 0 Å². The summed E-state index contributed by atoms with van der Waals surface area (Å²) >= 11 is 0. The van der Waals surface area contributed by atoms with Gasteiger partial charge in [0.15, 0.2) is 0 Å². The van der Waals surface area contributed by atoms with Crippen LogP contribution >= 0.6 is 0 Å². The van der Waals surface area contributed by atoms with Crippen molar-refractivity contribution in [2.24, 2.45) is 5.92 Å². The van der Waals surface area contributed by atoms with Gasteiger partial charge >= 0.3 is 0 Å². The van der Waals surface area contributed by atoms with Gasteiger partial charge in [-0.2, -0.15) is 0 Å². The smallest absolute Gasteiger partial charge is 0.0681 e. The van der Waals surface area contributed by atoms with Crippen molar-refractivity contribution in [3.63, 3.8) is 0 Å². The molecular weight excluding hydrogens is 304 g/mol. The van der Waals surface area contributed by atoms with Gasteiger partial charge in [-0.25, -0.2) is 0 Å². The number of benzene rings is 2. The van der Waals surface area contributed by atoms with Crippen LogP contribution in [-0.2, 0) is 19.4 Å². The Bertz CT molecular complexity index is 627. The maximum absolute atomic E-state index is 9.33. The van der Waals surface area contributed by atoms with Crippen molar-refractivity contribution in [1.82, 2.24) is 0 Å². The van der Waals surface area contributed by atoms with Gasteiger partial charge in [0.2, 0.25) is 0 Å². The predicted octanol–water partition coefficient (Wildman–Crippen LogP) is 6.56. The third kappa shape index (κ3) is 5.71. The molecule has 0 saturated carbocycles. The Morgan fingerprint density at radius 1 is 0.880 bits per heavy atom. The van der Waals surface area contributed by atoms with E-state index in [1.807, 2.05) is 6.07 Å². The fraction of sp³-hybridized carbons (Fsp3) is 0.500. The summed E-state index contributed by atoms with van der Waals surface area (Å²) < 4.78 is 0. The first-order valence-electron chi connectivity index (χ1n) is 10.0. The molecule has 0 radical (unpaired) electrons. The van der Waals surface area contributed by atoms with Gasteiger partial charge in [0, 0.05) is 0 Å². The molecule has 0 fully saturated rings. The van der Waals surface area contributed by atoms with Crippen molar-refractivity contribution in [2.75, 3.05) is 0 Å². The van der Waals surface area contributed by atoms with E-state index in [1.54, 1.807) is 0 Å². The molecule has 2 aromatic carbocycles. The lowest BCUT2D eigenvalue weighted by molar-refractivity contribution is 0.282. The van der Waals surface area contributed by atoms with E-state index < -0.39 is 0 Å². The quantitative estimate of drug-likeness (QED) is 0.520. The minimum Gasteiger partial charge on any atom is -0.392 e. The zero-order chi connectivity index (χ0) is 18.1. The van der Waals surface area contributed by atoms with Crippen LogP contribution < -0.4 is 0 Å². The topological polar surface area (TPSA) is 20.2 Å². The summed E-state index contributed by atoms with van der Waals surface area (Å²) in [7, 11) is 0. The third-order valence-electron chi connectivity index (χ3n) is 5.35. The van der Waals surface area contributed by atoms with E-state index in [-0.39, 0.29) is 6.61 Å². The molecule has 0 saturated heterocycles. The van der Waals surface area contributed by atoms with Crippen molar-refractivity contribution < 1.29 is 5.11 Å². The number of aryl methyl sites for hydroxylation is 2. The molecule has 2 rings (SSSR count). The van der Waals surface area contributed by atoms with Crippen LogP contribution in [0, 0.1) is 5.92 Å². The maximum Gasteiger partial charge on any atom is 0.0681 e. The summed E-state index contributed by atoms with van der Waals surface area (Å²) in [5.74, 6) is 0.904. The van der Waals surface area contributed by atoms with Crippen LogP contribution in [-0.4, -0.2) is 5.11 Å². The highest BCUT2D eigenvalue weighted by Gasteiger charge is 2.07. The van der Waals surface area contributed by atoms with Crippen LogP contribution in [0.2, 0.25) is 0 Å². The molecule has 1 atom stereocenters. The Morgan fingerprint density at radius 3 is 2.20 bits per heavy atom. The first kappa shape index (κ1) is 19.7. The Kier molecular flexibility index (Phi) is 8.21. The summed E-state index contributed by atoms with van der Waals surface area (Å²) in [5.41, 5.74) is 6.32. The van der Waals surface area contributed by atoms with Gasteiger partial charge in [0.1, 0.15) is 0 Å². The van der Waals surface area contributed by atoms with Gasteiger partial charge in [0.25, 0.3) is 0 Å². The summed E-state index contributed by atoms with van der Waals surface area (Å²) in [5, 5.41) is 9.33. The molecule has 0 aromatic heterocycles. The minimum absolute atomic E-state index is 0.114. The van der Waals surface area contributed by atoms with Crippen molar-refractivity contribution in [2.45, 2.75) is 72.3 Å². The fourth-order valence-electron chi connectivity index (χ4n) is 3.73. The fourth-order valence-corrected chi connectivity index (χ4v) is 3.73. The van der Waals surface area contributed by atoms with E-state index in [1.165, 1.54) is 60.8 Å². The van der Waals surface area contributed by atoms with E-state index in [9.17, 15) is 5.11 Å².